The number of benzene rings is 2. The Kier molecular flexibility index (Phi) is 3.65. The highest BCUT2D eigenvalue weighted by Gasteiger charge is 2.17. The van der Waals surface area contributed by atoms with Gasteiger partial charge in [-0.1, -0.05) is 42.5 Å². The second-order valence-electron chi connectivity index (χ2n) is 4.43. The van der Waals surface area contributed by atoms with Crippen LogP contribution >= 0.6 is 15.9 Å². The summed E-state index contributed by atoms with van der Waals surface area (Å²) in [6.45, 7) is 0. The summed E-state index contributed by atoms with van der Waals surface area (Å²) in [6.07, 6.45) is 0. The molecule has 3 aromatic rings. The molecule has 0 atom stereocenters. The van der Waals surface area contributed by atoms with E-state index in [0.717, 1.165) is 5.39 Å². The lowest BCUT2D eigenvalue weighted by Crippen LogP contribution is -2.14. The van der Waals surface area contributed by atoms with Crippen LogP contribution < -0.4 is 4.72 Å². The summed E-state index contributed by atoms with van der Waals surface area (Å²) >= 11 is 3.22. The summed E-state index contributed by atoms with van der Waals surface area (Å²) in [7, 11) is -3.69. The molecule has 6 heteroatoms. The molecule has 0 aliphatic heterocycles. The van der Waals surface area contributed by atoms with Gasteiger partial charge < -0.3 is 0 Å². The van der Waals surface area contributed by atoms with Gasteiger partial charge in [-0.15, -0.1) is 0 Å². The van der Waals surface area contributed by atoms with E-state index in [4.69, 9.17) is 0 Å². The number of rotatable bonds is 3. The third-order valence-electron chi connectivity index (χ3n) is 2.99. The highest BCUT2D eigenvalue weighted by molar-refractivity contribution is 9.10. The van der Waals surface area contributed by atoms with Crippen molar-refractivity contribution < 1.29 is 8.42 Å². The second kappa shape index (κ2) is 5.46. The molecule has 0 aliphatic carbocycles. The van der Waals surface area contributed by atoms with E-state index in [1.165, 1.54) is 0 Å². The van der Waals surface area contributed by atoms with Crippen molar-refractivity contribution in [2.45, 2.75) is 4.90 Å². The van der Waals surface area contributed by atoms with E-state index in [9.17, 15) is 8.42 Å². The molecule has 106 valence electrons. The van der Waals surface area contributed by atoms with Crippen molar-refractivity contribution in [3.63, 3.8) is 0 Å². The van der Waals surface area contributed by atoms with E-state index in [2.05, 4.69) is 25.6 Å². The van der Waals surface area contributed by atoms with Crippen LogP contribution in [0.1, 0.15) is 0 Å². The first-order valence-corrected chi connectivity index (χ1v) is 8.47. The Hall–Kier alpha value is -1.92. The molecular formula is C15H11BrN2O2S. The van der Waals surface area contributed by atoms with E-state index in [-0.39, 0.29) is 10.7 Å². The molecule has 1 aromatic heterocycles. The van der Waals surface area contributed by atoms with Gasteiger partial charge in [0, 0.05) is 5.39 Å². The molecule has 1 heterocycles. The topological polar surface area (TPSA) is 59.1 Å². The third kappa shape index (κ3) is 2.91. The van der Waals surface area contributed by atoms with Gasteiger partial charge in [-0.3, -0.25) is 4.72 Å². The number of nitrogens with one attached hydrogen (secondary N) is 1. The number of hydrogen-bond acceptors (Lipinski definition) is 3. The standard InChI is InChI=1S/C15H11BrN2O2S/c16-14-9-4-10-15(17-14)18-21(19,20)13-8-3-6-11-5-1-2-7-12(11)13/h1-10H,(H,17,18). The molecule has 0 amide bonds. The van der Waals surface area contributed by atoms with E-state index >= 15 is 0 Å². The zero-order chi connectivity index (χ0) is 14.9. The SMILES string of the molecule is O=S(=O)(Nc1cccc(Br)n1)c1cccc2ccccc12. The van der Waals surface area contributed by atoms with Crippen molar-refractivity contribution in [1.82, 2.24) is 4.98 Å². The molecule has 0 fully saturated rings. The highest BCUT2D eigenvalue weighted by atomic mass is 79.9. The number of halogens is 1. The maximum Gasteiger partial charge on any atom is 0.263 e. The summed E-state index contributed by atoms with van der Waals surface area (Å²) in [6, 6.07) is 17.6. The maximum atomic E-state index is 12.6. The summed E-state index contributed by atoms with van der Waals surface area (Å²) in [4.78, 5) is 4.33. The average Bonchev–Trinajstić information content (AvgIpc) is 2.46. The normalized spacial score (nSPS) is 11.5. The molecule has 2 aromatic carbocycles. The van der Waals surface area contributed by atoms with E-state index in [1.807, 2.05) is 24.3 Å². The predicted molar refractivity (Wildman–Crippen MR) is 86.7 cm³/mol. The lowest BCUT2D eigenvalue weighted by atomic mass is 10.1. The number of pyridine rings is 1. The Morgan fingerprint density at radius 3 is 2.43 bits per heavy atom. The Morgan fingerprint density at radius 2 is 1.62 bits per heavy atom. The lowest BCUT2D eigenvalue weighted by Gasteiger charge is -2.10. The van der Waals surface area contributed by atoms with Gasteiger partial charge in [0.2, 0.25) is 0 Å². The summed E-state index contributed by atoms with van der Waals surface area (Å²) in [5, 5.41) is 1.56. The third-order valence-corrected chi connectivity index (χ3v) is 4.85. The van der Waals surface area contributed by atoms with Gasteiger partial charge in [-0.2, -0.15) is 0 Å². The van der Waals surface area contributed by atoms with Gasteiger partial charge in [-0.25, -0.2) is 13.4 Å². The summed E-state index contributed by atoms with van der Waals surface area (Å²) in [5.74, 6) is 0.275. The van der Waals surface area contributed by atoms with Crippen LogP contribution in [0.3, 0.4) is 0 Å². The quantitative estimate of drug-likeness (QED) is 0.720. The number of aromatic nitrogens is 1. The van der Waals surface area contributed by atoms with Crippen molar-refractivity contribution in [2.75, 3.05) is 4.72 Å². The maximum absolute atomic E-state index is 12.6. The van der Waals surface area contributed by atoms with Crippen LogP contribution in [-0.4, -0.2) is 13.4 Å². The van der Waals surface area contributed by atoms with Crippen LogP contribution in [0.15, 0.2) is 70.2 Å². The van der Waals surface area contributed by atoms with Crippen molar-refractivity contribution >= 4 is 42.5 Å². The minimum atomic E-state index is -3.69. The van der Waals surface area contributed by atoms with E-state index in [1.54, 1.807) is 36.4 Å². The van der Waals surface area contributed by atoms with Crippen LogP contribution in [0, 0.1) is 0 Å². The van der Waals surface area contributed by atoms with E-state index < -0.39 is 10.0 Å². The Labute approximate surface area is 131 Å². The van der Waals surface area contributed by atoms with Crippen LogP contribution in [-0.2, 0) is 10.0 Å². The van der Waals surface area contributed by atoms with Crippen LogP contribution in [0.5, 0.6) is 0 Å². The van der Waals surface area contributed by atoms with Crippen LogP contribution in [0.4, 0.5) is 5.82 Å². The number of sulfonamides is 1. The molecule has 0 radical (unpaired) electrons. The van der Waals surface area contributed by atoms with Crippen LogP contribution in [0.25, 0.3) is 10.8 Å². The first-order valence-electron chi connectivity index (χ1n) is 6.19. The average molecular weight is 363 g/mol. The van der Waals surface area contributed by atoms with Gasteiger partial charge in [0.25, 0.3) is 10.0 Å². The summed E-state index contributed by atoms with van der Waals surface area (Å²) in [5.41, 5.74) is 0. The number of fused-ring (bicyclic) bond motifs is 1. The zero-order valence-corrected chi connectivity index (χ0v) is 13.2. The van der Waals surface area contributed by atoms with Gasteiger partial charge in [0.15, 0.2) is 0 Å². The molecule has 0 aliphatic rings. The van der Waals surface area contributed by atoms with Gasteiger partial charge in [0.05, 0.1) is 4.90 Å². The predicted octanol–water partition coefficient (Wildman–Crippen LogP) is 3.80. The summed E-state index contributed by atoms with van der Waals surface area (Å²) < 4.78 is 28.2. The molecule has 0 saturated carbocycles. The van der Waals surface area contributed by atoms with Crippen molar-refractivity contribution in [3.8, 4) is 0 Å². The number of hydrogen-bond donors (Lipinski definition) is 1. The Bertz CT molecular complexity index is 905. The molecule has 0 unspecified atom stereocenters. The molecule has 21 heavy (non-hydrogen) atoms. The van der Waals surface area contributed by atoms with E-state index in [0.29, 0.717) is 9.99 Å². The second-order valence-corrected chi connectivity index (χ2v) is 6.89. The van der Waals surface area contributed by atoms with Crippen LogP contribution in [0.2, 0.25) is 0 Å². The monoisotopic (exact) mass is 362 g/mol. The van der Waals surface area contributed by atoms with Gasteiger partial charge in [0.1, 0.15) is 10.4 Å². The molecule has 0 bridgehead atoms. The number of anilines is 1. The molecule has 3 rings (SSSR count). The van der Waals surface area contributed by atoms with Gasteiger partial charge >= 0.3 is 0 Å². The largest absolute Gasteiger partial charge is 0.263 e. The smallest absolute Gasteiger partial charge is 0.263 e. The Balaban J connectivity index is 2.09. The zero-order valence-electron chi connectivity index (χ0n) is 10.8. The minimum absolute atomic E-state index is 0.238. The van der Waals surface area contributed by atoms with Crippen molar-refractivity contribution in [1.29, 1.82) is 0 Å². The molecular weight excluding hydrogens is 352 g/mol. The molecule has 0 spiro atoms. The fourth-order valence-corrected chi connectivity index (χ4v) is 3.66. The molecule has 0 saturated heterocycles. The molecule has 4 nitrogen and oxygen atoms in total. The lowest BCUT2D eigenvalue weighted by molar-refractivity contribution is 0.602. The molecule has 1 N–H and O–H groups in total. The number of nitrogens with zero attached hydrogens (tertiary/aromatic N) is 1. The highest BCUT2D eigenvalue weighted by Crippen LogP contribution is 2.24. The van der Waals surface area contributed by atoms with Crippen molar-refractivity contribution in [2.24, 2.45) is 0 Å². The Morgan fingerprint density at radius 1 is 0.905 bits per heavy atom. The first kappa shape index (κ1) is 14.0. The fourth-order valence-electron chi connectivity index (χ4n) is 2.09. The first-order chi connectivity index (χ1) is 10.1. The fraction of sp³-hybridized carbons (Fsp3) is 0. The van der Waals surface area contributed by atoms with Gasteiger partial charge in [-0.05, 0) is 39.5 Å². The van der Waals surface area contributed by atoms with Crippen molar-refractivity contribution in [3.05, 3.63) is 65.3 Å². The minimum Gasteiger partial charge on any atom is -0.263 e.